The third kappa shape index (κ3) is 3.84. The van der Waals surface area contributed by atoms with Crippen LogP contribution in [0, 0.1) is 0 Å². The van der Waals surface area contributed by atoms with Crippen molar-refractivity contribution < 1.29 is 4.79 Å². The van der Waals surface area contributed by atoms with E-state index in [1.54, 1.807) is 6.07 Å². The van der Waals surface area contributed by atoms with Gasteiger partial charge in [-0.1, -0.05) is 23.7 Å². The number of hydrogen-bond donors (Lipinski definition) is 1. The van der Waals surface area contributed by atoms with Crippen molar-refractivity contribution >= 4 is 33.4 Å². The van der Waals surface area contributed by atoms with Gasteiger partial charge in [0.25, 0.3) is 0 Å². The molecule has 0 fully saturated rings. The molecule has 4 heteroatoms. The molecule has 1 aromatic carbocycles. The molecule has 15 heavy (non-hydrogen) atoms. The molecule has 0 atom stereocenters. The van der Waals surface area contributed by atoms with Crippen molar-refractivity contribution in [2.24, 2.45) is 0 Å². The molecule has 0 bridgehead atoms. The molecule has 0 heterocycles. The Labute approximate surface area is 103 Å². The summed E-state index contributed by atoms with van der Waals surface area (Å²) in [6.07, 6.45) is 0.347. The van der Waals surface area contributed by atoms with Gasteiger partial charge in [-0.15, -0.1) is 0 Å². The Morgan fingerprint density at radius 3 is 2.80 bits per heavy atom. The number of carbonyl (C=O) groups excluding carboxylic acids is 1. The van der Waals surface area contributed by atoms with Gasteiger partial charge in [-0.25, -0.2) is 0 Å². The van der Waals surface area contributed by atoms with Gasteiger partial charge in [-0.2, -0.15) is 0 Å². The number of hydrogen-bond acceptors (Lipinski definition) is 1. The Kier molecular flexibility index (Phi) is 4.61. The summed E-state index contributed by atoms with van der Waals surface area (Å²) < 4.78 is 0.797. The van der Waals surface area contributed by atoms with Gasteiger partial charge in [0, 0.05) is 10.5 Å². The highest BCUT2D eigenvalue weighted by molar-refractivity contribution is 9.10. The van der Waals surface area contributed by atoms with Crippen LogP contribution in [0.2, 0.25) is 5.02 Å². The van der Waals surface area contributed by atoms with Crippen LogP contribution in [0.1, 0.15) is 19.4 Å². The lowest BCUT2D eigenvalue weighted by Crippen LogP contribution is -2.31. The van der Waals surface area contributed by atoms with Crippen molar-refractivity contribution in [2.45, 2.75) is 26.3 Å². The number of amides is 1. The van der Waals surface area contributed by atoms with Crippen molar-refractivity contribution in [1.29, 1.82) is 0 Å². The molecule has 0 aliphatic heterocycles. The first kappa shape index (κ1) is 12.5. The maximum Gasteiger partial charge on any atom is 0.224 e. The van der Waals surface area contributed by atoms with E-state index in [9.17, 15) is 4.79 Å². The minimum atomic E-state index is 0.00738. The molecule has 2 nitrogen and oxygen atoms in total. The Morgan fingerprint density at radius 1 is 1.53 bits per heavy atom. The maximum atomic E-state index is 11.5. The molecule has 0 aliphatic rings. The van der Waals surface area contributed by atoms with Crippen LogP contribution < -0.4 is 5.32 Å². The van der Waals surface area contributed by atoms with E-state index in [4.69, 9.17) is 11.6 Å². The molecular formula is C11H13BrClNO. The molecular weight excluding hydrogens is 277 g/mol. The van der Waals surface area contributed by atoms with Crippen LogP contribution in [0.3, 0.4) is 0 Å². The van der Waals surface area contributed by atoms with Gasteiger partial charge in [-0.3, -0.25) is 4.79 Å². The number of benzene rings is 1. The van der Waals surface area contributed by atoms with E-state index in [0.717, 1.165) is 10.0 Å². The zero-order valence-electron chi connectivity index (χ0n) is 8.68. The largest absolute Gasteiger partial charge is 0.354 e. The summed E-state index contributed by atoms with van der Waals surface area (Å²) in [4.78, 5) is 11.5. The van der Waals surface area contributed by atoms with Crippen LogP contribution in [-0.2, 0) is 11.2 Å². The molecule has 1 N–H and O–H groups in total. The van der Waals surface area contributed by atoms with E-state index >= 15 is 0 Å². The zero-order valence-corrected chi connectivity index (χ0v) is 11.0. The smallest absolute Gasteiger partial charge is 0.224 e. The van der Waals surface area contributed by atoms with Gasteiger partial charge in [0.1, 0.15) is 0 Å². The highest BCUT2D eigenvalue weighted by Crippen LogP contribution is 2.26. The molecule has 0 saturated heterocycles. The number of carbonyl (C=O) groups is 1. The average Bonchev–Trinajstić information content (AvgIpc) is 2.11. The zero-order chi connectivity index (χ0) is 11.4. The van der Waals surface area contributed by atoms with Gasteiger partial charge in [0.05, 0.1) is 11.4 Å². The van der Waals surface area contributed by atoms with Crippen LogP contribution in [0.4, 0.5) is 0 Å². The monoisotopic (exact) mass is 289 g/mol. The third-order valence-corrected chi connectivity index (χ3v) is 3.31. The first-order valence-electron chi connectivity index (χ1n) is 4.73. The highest BCUT2D eigenvalue weighted by atomic mass is 79.9. The Balaban J connectivity index is 2.73. The topological polar surface area (TPSA) is 29.1 Å². The molecule has 0 saturated carbocycles. The van der Waals surface area contributed by atoms with E-state index in [1.807, 2.05) is 26.0 Å². The van der Waals surface area contributed by atoms with Gasteiger partial charge in [0.15, 0.2) is 0 Å². The van der Waals surface area contributed by atoms with Crippen LogP contribution in [0.5, 0.6) is 0 Å². The second kappa shape index (κ2) is 5.52. The molecule has 82 valence electrons. The Morgan fingerprint density at radius 2 is 2.20 bits per heavy atom. The highest BCUT2D eigenvalue weighted by Gasteiger charge is 2.09. The lowest BCUT2D eigenvalue weighted by atomic mass is 10.1. The lowest BCUT2D eigenvalue weighted by Gasteiger charge is -2.09. The van der Waals surface area contributed by atoms with E-state index in [2.05, 4.69) is 21.2 Å². The summed E-state index contributed by atoms with van der Waals surface area (Å²) >= 11 is 9.29. The number of nitrogens with one attached hydrogen (secondary N) is 1. The van der Waals surface area contributed by atoms with Crippen molar-refractivity contribution in [3.63, 3.8) is 0 Å². The normalized spacial score (nSPS) is 10.5. The van der Waals surface area contributed by atoms with Crippen molar-refractivity contribution in [3.05, 3.63) is 33.3 Å². The first-order chi connectivity index (χ1) is 7.00. The van der Waals surface area contributed by atoms with E-state index < -0.39 is 0 Å². The van der Waals surface area contributed by atoms with Gasteiger partial charge in [-0.05, 0) is 41.4 Å². The van der Waals surface area contributed by atoms with E-state index in [1.165, 1.54) is 0 Å². The minimum Gasteiger partial charge on any atom is -0.354 e. The van der Waals surface area contributed by atoms with Gasteiger partial charge < -0.3 is 5.32 Å². The molecule has 0 radical (unpaired) electrons. The Bertz CT molecular complexity index is 366. The molecule has 0 spiro atoms. The molecule has 1 rings (SSSR count). The Hall–Kier alpha value is -0.540. The quantitative estimate of drug-likeness (QED) is 0.910. The van der Waals surface area contributed by atoms with Crippen LogP contribution in [0.15, 0.2) is 22.7 Å². The SMILES string of the molecule is CC(C)NC(=O)Cc1cccc(Cl)c1Br. The minimum absolute atomic E-state index is 0.00738. The fourth-order valence-corrected chi connectivity index (χ4v) is 1.83. The fourth-order valence-electron chi connectivity index (χ4n) is 1.23. The molecule has 1 amide bonds. The number of halogens is 2. The molecule has 0 aromatic heterocycles. The molecule has 0 unspecified atom stereocenters. The summed E-state index contributed by atoms with van der Waals surface area (Å²) in [5.41, 5.74) is 0.903. The first-order valence-corrected chi connectivity index (χ1v) is 5.90. The second-order valence-corrected chi connectivity index (χ2v) is 4.81. The number of rotatable bonds is 3. The van der Waals surface area contributed by atoms with Crippen LogP contribution in [-0.4, -0.2) is 11.9 Å². The second-order valence-electron chi connectivity index (χ2n) is 3.61. The maximum absolute atomic E-state index is 11.5. The lowest BCUT2D eigenvalue weighted by molar-refractivity contribution is -0.120. The van der Waals surface area contributed by atoms with Crippen molar-refractivity contribution in [1.82, 2.24) is 5.32 Å². The summed E-state index contributed by atoms with van der Waals surface area (Å²) in [7, 11) is 0. The molecule has 0 aliphatic carbocycles. The predicted octanol–water partition coefficient (Wildman–Crippen LogP) is 3.17. The van der Waals surface area contributed by atoms with Crippen molar-refractivity contribution in [2.75, 3.05) is 0 Å². The van der Waals surface area contributed by atoms with E-state index in [-0.39, 0.29) is 11.9 Å². The standard InChI is InChI=1S/C11H13BrClNO/c1-7(2)14-10(15)6-8-4-3-5-9(13)11(8)12/h3-5,7H,6H2,1-2H3,(H,14,15). The van der Waals surface area contributed by atoms with Crippen molar-refractivity contribution in [3.8, 4) is 0 Å². The van der Waals surface area contributed by atoms with E-state index in [0.29, 0.717) is 11.4 Å². The average molecular weight is 291 g/mol. The predicted molar refractivity (Wildman–Crippen MR) is 66.1 cm³/mol. The molecule has 1 aromatic rings. The van der Waals surface area contributed by atoms with Gasteiger partial charge >= 0.3 is 0 Å². The van der Waals surface area contributed by atoms with Gasteiger partial charge in [0.2, 0.25) is 5.91 Å². The summed E-state index contributed by atoms with van der Waals surface area (Å²) in [5, 5.41) is 3.46. The fraction of sp³-hybridized carbons (Fsp3) is 0.364. The summed E-state index contributed by atoms with van der Waals surface area (Å²) in [5.74, 6) is 0.00738. The van der Waals surface area contributed by atoms with Crippen LogP contribution in [0.25, 0.3) is 0 Å². The summed E-state index contributed by atoms with van der Waals surface area (Å²) in [6, 6.07) is 5.67. The van der Waals surface area contributed by atoms with Crippen LogP contribution >= 0.6 is 27.5 Å². The third-order valence-electron chi connectivity index (χ3n) is 1.83. The summed E-state index contributed by atoms with van der Waals surface area (Å²) in [6.45, 7) is 3.87.